The number of ether oxygens (including phenoxy) is 3. The van der Waals surface area contributed by atoms with E-state index in [1.165, 1.54) is 6.08 Å². The molecule has 6 nitrogen and oxygen atoms in total. The van der Waals surface area contributed by atoms with E-state index < -0.39 is 28.1 Å². The minimum Gasteiger partial charge on any atom is -0.483 e. The van der Waals surface area contributed by atoms with Crippen LogP contribution >= 0.6 is 31.9 Å². The average molecular weight is 508 g/mol. The van der Waals surface area contributed by atoms with Crippen molar-refractivity contribution in [2.24, 2.45) is 17.8 Å². The zero-order valence-electron chi connectivity index (χ0n) is 15.8. The lowest BCUT2D eigenvalue weighted by molar-refractivity contribution is -0.162. The summed E-state index contributed by atoms with van der Waals surface area (Å²) in [6.45, 7) is 7.15. The maximum absolute atomic E-state index is 12.6. The Labute approximate surface area is 175 Å². The van der Waals surface area contributed by atoms with E-state index in [4.69, 9.17) is 14.2 Å². The second kappa shape index (κ2) is 7.17. The standard InChI is InChI=1S/C19H24Br2O6/c1-9(2)16(23)25-13-7-18(4)14(22)6-11(27-18)10(3)5-12-15(13)19(21,8-20)17(24)26-12/h6,9-10,12-13,15H,5,7-8H2,1-4H3/t10-,12+,13+,15?,18+,19?/m0/s1. The first kappa shape index (κ1) is 20.8. The molecule has 0 aromatic heterocycles. The van der Waals surface area contributed by atoms with Gasteiger partial charge in [0.15, 0.2) is 5.60 Å². The van der Waals surface area contributed by atoms with Crippen LogP contribution < -0.4 is 0 Å². The van der Waals surface area contributed by atoms with Crippen LogP contribution in [0.15, 0.2) is 11.8 Å². The quantitative estimate of drug-likeness (QED) is 0.430. The molecule has 0 saturated carbocycles. The molecule has 2 unspecified atom stereocenters. The fraction of sp³-hybridized carbons (Fsp3) is 0.737. The second-order valence-corrected chi connectivity index (χ2v) is 10.2. The van der Waals surface area contributed by atoms with Crippen molar-refractivity contribution in [3.8, 4) is 0 Å². The molecule has 0 aromatic carbocycles. The van der Waals surface area contributed by atoms with Gasteiger partial charge in [0.2, 0.25) is 5.78 Å². The molecule has 0 spiro atoms. The molecular formula is C19H24Br2O6. The molecular weight excluding hydrogens is 484 g/mol. The minimum atomic E-state index is -1.12. The van der Waals surface area contributed by atoms with E-state index in [1.54, 1.807) is 20.8 Å². The lowest BCUT2D eigenvalue weighted by Gasteiger charge is -2.36. The molecule has 2 bridgehead atoms. The number of esters is 2. The largest absolute Gasteiger partial charge is 0.483 e. The summed E-state index contributed by atoms with van der Waals surface area (Å²) in [5, 5.41) is 0.304. The highest BCUT2D eigenvalue weighted by Gasteiger charge is 2.62. The monoisotopic (exact) mass is 506 g/mol. The number of alkyl halides is 2. The van der Waals surface area contributed by atoms with Crippen LogP contribution in [0, 0.1) is 17.8 Å². The minimum absolute atomic E-state index is 0.0965. The molecule has 2 saturated heterocycles. The first-order valence-corrected chi connectivity index (χ1v) is 11.0. The first-order chi connectivity index (χ1) is 12.5. The summed E-state index contributed by atoms with van der Waals surface area (Å²) in [5.74, 6) is -1.17. The highest BCUT2D eigenvalue weighted by atomic mass is 79.9. The van der Waals surface area contributed by atoms with Gasteiger partial charge in [-0.05, 0) is 13.3 Å². The predicted molar refractivity (Wildman–Crippen MR) is 105 cm³/mol. The number of fused-ring (bicyclic) bond motifs is 3. The fourth-order valence-corrected chi connectivity index (χ4v) is 5.28. The van der Waals surface area contributed by atoms with Crippen LogP contribution in [0.2, 0.25) is 0 Å². The molecule has 27 heavy (non-hydrogen) atoms. The molecule has 150 valence electrons. The van der Waals surface area contributed by atoms with Crippen molar-refractivity contribution in [2.45, 2.75) is 62.7 Å². The Hall–Kier alpha value is -0.890. The van der Waals surface area contributed by atoms with Crippen molar-refractivity contribution in [2.75, 3.05) is 5.33 Å². The van der Waals surface area contributed by atoms with Crippen molar-refractivity contribution in [3.05, 3.63) is 11.8 Å². The maximum atomic E-state index is 12.6. The number of hydrogen-bond donors (Lipinski definition) is 0. The molecule has 3 aliphatic heterocycles. The summed E-state index contributed by atoms with van der Waals surface area (Å²) in [7, 11) is 0. The van der Waals surface area contributed by atoms with Crippen LogP contribution in [0.1, 0.15) is 40.5 Å². The number of rotatable bonds is 3. The Morgan fingerprint density at radius 3 is 2.67 bits per heavy atom. The van der Waals surface area contributed by atoms with Crippen LogP contribution in [0.3, 0.4) is 0 Å². The van der Waals surface area contributed by atoms with E-state index in [2.05, 4.69) is 31.9 Å². The average Bonchev–Trinajstić information content (AvgIpc) is 3.02. The Morgan fingerprint density at radius 1 is 1.41 bits per heavy atom. The number of hydrogen-bond acceptors (Lipinski definition) is 6. The smallest absolute Gasteiger partial charge is 0.324 e. The fourth-order valence-electron chi connectivity index (χ4n) is 3.99. The highest BCUT2D eigenvalue weighted by molar-refractivity contribution is 9.12. The van der Waals surface area contributed by atoms with E-state index in [0.29, 0.717) is 17.5 Å². The number of carbonyl (C=O) groups is 3. The van der Waals surface area contributed by atoms with Crippen molar-refractivity contribution < 1.29 is 28.6 Å². The third kappa shape index (κ3) is 3.48. The summed E-state index contributed by atoms with van der Waals surface area (Å²) >= 11 is 6.96. The van der Waals surface area contributed by atoms with Gasteiger partial charge in [-0.25, -0.2) is 0 Å². The normalized spacial score (nSPS) is 41.1. The van der Waals surface area contributed by atoms with Gasteiger partial charge in [0.25, 0.3) is 0 Å². The summed E-state index contributed by atoms with van der Waals surface area (Å²) in [5.41, 5.74) is -1.12. The molecule has 0 radical (unpaired) electrons. The van der Waals surface area contributed by atoms with Gasteiger partial charge >= 0.3 is 11.9 Å². The first-order valence-electron chi connectivity index (χ1n) is 9.13. The summed E-state index contributed by atoms with van der Waals surface area (Å²) in [4.78, 5) is 37.7. The van der Waals surface area contributed by atoms with Crippen LogP contribution in [0.4, 0.5) is 0 Å². The van der Waals surface area contributed by atoms with E-state index >= 15 is 0 Å². The predicted octanol–water partition coefficient (Wildman–Crippen LogP) is 3.30. The molecule has 6 atom stereocenters. The summed E-state index contributed by atoms with van der Waals surface area (Å²) < 4.78 is 16.5. The van der Waals surface area contributed by atoms with E-state index in [9.17, 15) is 14.4 Å². The van der Waals surface area contributed by atoms with Crippen LogP contribution in [-0.2, 0) is 28.6 Å². The molecule has 8 heteroatoms. The van der Waals surface area contributed by atoms with Gasteiger partial charge in [0, 0.05) is 23.7 Å². The van der Waals surface area contributed by atoms with E-state index in [-0.39, 0.29) is 36.0 Å². The molecule has 0 amide bonds. The molecule has 0 aromatic rings. The van der Waals surface area contributed by atoms with Crippen molar-refractivity contribution in [1.29, 1.82) is 0 Å². The van der Waals surface area contributed by atoms with Crippen LogP contribution in [-0.4, -0.2) is 45.2 Å². The van der Waals surface area contributed by atoms with Gasteiger partial charge in [-0.15, -0.1) is 0 Å². The molecule has 3 heterocycles. The zero-order chi connectivity index (χ0) is 20.1. The number of allylic oxidation sites excluding steroid dienone is 1. The highest BCUT2D eigenvalue weighted by Crippen LogP contribution is 2.50. The van der Waals surface area contributed by atoms with Crippen LogP contribution in [0.5, 0.6) is 0 Å². The number of carbonyl (C=O) groups excluding carboxylic acids is 3. The van der Waals surface area contributed by atoms with E-state index in [0.717, 1.165) is 0 Å². The molecule has 2 fully saturated rings. The van der Waals surface area contributed by atoms with Gasteiger partial charge in [-0.3, -0.25) is 14.4 Å². The maximum Gasteiger partial charge on any atom is 0.324 e. The van der Waals surface area contributed by atoms with Gasteiger partial charge in [-0.2, -0.15) is 0 Å². The zero-order valence-corrected chi connectivity index (χ0v) is 19.0. The Morgan fingerprint density at radius 2 is 2.07 bits per heavy atom. The van der Waals surface area contributed by atoms with Gasteiger partial charge < -0.3 is 14.2 Å². The molecule has 0 N–H and O–H groups in total. The van der Waals surface area contributed by atoms with Crippen molar-refractivity contribution in [3.63, 3.8) is 0 Å². The second-order valence-electron chi connectivity index (χ2n) is 8.18. The van der Waals surface area contributed by atoms with Crippen molar-refractivity contribution in [1.82, 2.24) is 0 Å². The van der Waals surface area contributed by atoms with E-state index in [1.807, 2.05) is 6.92 Å². The lowest BCUT2D eigenvalue weighted by atomic mass is 9.78. The third-order valence-corrected chi connectivity index (χ3v) is 8.43. The summed E-state index contributed by atoms with van der Waals surface area (Å²) in [6, 6.07) is 0. The lowest BCUT2D eigenvalue weighted by Crippen LogP contribution is -2.50. The van der Waals surface area contributed by atoms with Gasteiger partial charge in [0.1, 0.15) is 22.3 Å². The number of ketones is 1. The molecule has 3 aliphatic rings. The Bertz CT molecular complexity index is 704. The molecule has 0 aliphatic carbocycles. The summed E-state index contributed by atoms with van der Waals surface area (Å²) in [6.07, 6.45) is 1.02. The number of halogens is 2. The Balaban J connectivity index is 2.06. The topological polar surface area (TPSA) is 78.9 Å². The SMILES string of the molecule is CC(C)C(=O)O[C@@H]1C[C@@]2(C)OC(=CC2=O)[C@@H](C)C[C@H]2OC(=O)C(Br)(CBr)C12. The third-order valence-electron chi connectivity index (χ3n) is 5.66. The Kier molecular flexibility index (Phi) is 5.53. The van der Waals surface area contributed by atoms with Gasteiger partial charge in [0.05, 0.1) is 11.8 Å². The molecule has 3 rings (SSSR count). The van der Waals surface area contributed by atoms with Crippen LogP contribution in [0.25, 0.3) is 0 Å². The van der Waals surface area contributed by atoms with Crippen molar-refractivity contribution >= 4 is 49.6 Å². The van der Waals surface area contributed by atoms with Gasteiger partial charge in [-0.1, -0.05) is 52.6 Å².